The van der Waals surface area contributed by atoms with Crippen molar-refractivity contribution in [3.8, 4) is 11.8 Å². The molecule has 0 aliphatic carbocycles. The highest BCUT2D eigenvalue weighted by Gasteiger charge is 2.11. The first-order valence-corrected chi connectivity index (χ1v) is 7.90. The van der Waals surface area contributed by atoms with Crippen LogP contribution in [0.5, 0.6) is 0 Å². The summed E-state index contributed by atoms with van der Waals surface area (Å²) in [6.07, 6.45) is 4.81. The van der Waals surface area contributed by atoms with E-state index in [9.17, 15) is 4.79 Å². The Labute approximate surface area is 150 Å². The van der Waals surface area contributed by atoms with E-state index >= 15 is 0 Å². The van der Waals surface area contributed by atoms with Crippen LogP contribution in [0.1, 0.15) is 24.1 Å². The van der Waals surface area contributed by atoms with E-state index in [-0.39, 0.29) is 17.9 Å². The first kappa shape index (κ1) is 17.0. The van der Waals surface area contributed by atoms with Crippen molar-refractivity contribution in [1.29, 1.82) is 5.26 Å². The van der Waals surface area contributed by atoms with Crippen LogP contribution in [0, 0.1) is 11.3 Å². The summed E-state index contributed by atoms with van der Waals surface area (Å²) in [5.41, 5.74) is 8.42. The molecule has 0 spiro atoms. The lowest BCUT2D eigenvalue weighted by atomic mass is 10.1. The quantitative estimate of drug-likeness (QED) is 0.669. The molecule has 1 aromatic carbocycles. The monoisotopic (exact) mass is 347 g/mol. The normalized spacial score (nSPS) is 11.4. The van der Waals surface area contributed by atoms with Gasteiger partial charge in [-0.3, -0.25) is 4.98 Å². The molecule has 0 fully saturated rings. The zero-order valence-electron chi connectivity index (χ0n) is 14.0. The summed E-state index contributed by atoms with van der Waals surface area (Å²) in [7, 11) is 0. The van der Waals surface area contributed by atoms with Crippen LogP contribution in [0.3, 0.4) is 0 Å². The minimum Gasteiger partial charge on any atom is -0.382 e. The molecule has 2 aromatic heterocycles. The van der Waals surface area contributed by atoms with Gasteiger partial charge in [-0.15, -0.1) is 0 Å². The molecule has 1 atom stereocenters. The minimum absolute atomic E-state index is 0.170. The summed E-state index contributed by atoms with van der Waals surface area (Å²) in [6.45, 7) is 1.88. The summed E-state index contributed by atoms with van der Waals surface area (Å²) in [4.78, 5) is 16.2. The third-order valence-corrected chi connectivity index (χ3v) is 3.83. The maximum atomic E-state index is 12.1. The van der Waals surface area contributed by atoms with Gasteiger partial charge in [0.05, 0.1) is 17.9 Å². The van der Waals surface area contributed by atoms with E-state index in [2.05, 4.69) is 20.7 Å². The lowest BCUT2D eigenvalue weighted by Gasteiger charge is -2.15. The summed E-state index contributed by atoms with van der Waals surface area (Å²) in [5.74, 6) is 0.274. The summed E-state index contributed by atoms with van der Waals surface area (Å²) in [5, 5.41) is 18.6. The Hall–Kier alpha value is -3.86. The van der Waals surface area contributed by atoms with Crippen LogP contribution < -0.4 is 16.4 Å². The fraction of sp³-hybridized carbons (Fsp3) is 0.111. The lowest BCUT2D eigenvalue weighted by Crippen LogP contribution is -2.31. The van der Waals surface area contributed by atoms with Crippen LogP contribution in [0.4, 0.5) is 16.3 Å². The second-order valence-electron chi connectivity index (χ2n) is 5.62. The van der Waals surface area contributed by atoms with Crippen molar-refractivity contribution in [2.75, 3.05) is 11.1 Å². The van der Waals surface area contributed by atoms with Crippen molar-refractivity contribution in [2.45, 2.75) is 13.0 Å². The first-order valence-electron chi connectivity index (χ1n) is 7.90. The molecular weight excluding hydrogens is 330 g/mol. The molecule has 2 amide bonds. The van der Waals surface area contributed by atoms with Gasteiger partial charge in [0.25, 0.3) is 0 Å². The second-order valence-corrected chi connectivity index (χ2v) is 5.62. The molecule has 3 rings (SSSR count). The molecule has 0 radical (unpaired) electrons. The van der Waals surface area contributed by atoms with Gasteiger partial charge in [0.2, 0.25) is 0 Å². The molecule has 0 saturated heterocycles. The fourth-order valence-corrected chi connectivity index (χ4v) is 2.42. The second kappa shape index (κ2) is 7.36. The highest BCUT2D eigenvalue weighted by molar-refractivity contribution is 5.89. The number of nitrogens with one attached hydrogen (secondary N) is 2. The fourth-order valence-electron chi connectivity index (χ4n) is 2.42. The first-order chi connectivity index (χ1) is 12.6. The zero-order valence-corrected chi connectivity index (χ0v) is 14.0. The number of urea groups is 1. The number of nitrogens with zero attached hydrogens (tertiary/aromatic N) is 4. The van der Waals surface area contributed by atoms with Crippen molar-refractivity contribution >= 4 is 17.5 Å². The van der Waals surface area contributed by atoms with Gasteiger partial charge in [-0.2, -0.15) is 10.4 Å². The third-order valence-electron chi connectivity index (χ3n) is 3.83. The maximum Gasteiger partial charge on any atom is 0.319 e. The number of rotatable bonds is 4. The van der Waals surface area contributed by atoms with Crippen molar-refractivity contribution in [3.63, 3.8) is 0 Å². The topological polar surface area (TPSA) is 122 Å². The van der Waals surface area contributed by atoms with Crippen molar-refractivity contribution in [3.05, 3.63) is 66.1 Å². The Bertz CT molecular complexity index is 942. The number of carbonyl (C=O) groups is 1. The largest absolute Gasteiger partial charge is 0.382 e. The highest BCUT2D eigenvalue weighted by Crippen LogP contribution is 2.18. The Balaban J connectivity index is 1.65. The van der Waals surface area contributed by atoms with Crippen LogP contribution in [0.25, 0.3) is 5.69 Å². The average Bonchev–Trinajstić information content (AvgIpc) is 3.03. The third kappa shape index (κ3) is 3.62. The van der Waals surface area contributed by atoms with Gasteiger partial charge < -0.3 is 16.4 Å². The zero-order chi connectivity index (χ0) is 18.5. The molecule has 4 N–H and O–H groups in total. The number of benzene rings is 1. The van der Waals surface area contributed by atoms with E-state index in [0.717, 1.165) is 5.56 Å². The van der Waals surface area contributed by atoms with Gasteiger partial charge in [0.1, 0.15) is 17.5 Å². The number of nitrogens with two attached hydrogens (primary N) is 1. The van der Waals surface area contributed by atoms with Crippen molar-refractivity contribution in [1.82, 2.24) is 20.1 Å². The summed E-state index contributed by atoms with van der Waals surface area (Å²) >= 11 is 0. The molecule has 8 heteroatoms. The molecule has 0 bridgehead atoms. The molecule has 0 aliphatic rings. The molecule has 0 saturated carbocycles. The molecule has 8 nitrogen and oxygen atoms in total. The van der Waals surface area contributed by atoms with E-state index in [1.807, 2.05) is 25.1 Å². The van der Waals surface area contributed by atoms with E-state index in [1.54, 1.807) is 36.7 Å². The summed E-state index contributed by atoms with van der Waals surface area (Å²) < 4.78 is 1.47. The number of nitrogen functional groups attached to an aromatic ring is 1. The predicted molar refractivity (Wildman–Crippen MR) is 97.5 cm³/mol. The van der Waals surface area contributed by atoms with Gasteiger partial charge in [0, 0.05) is 18.1 Å². The maximum absolute atomic E-state index is 12.1. The molecule has 3 aromatic rings. The Morgan fingerprint density at radius 2 is 2.04 bits per heavy atom. The molecule has 2 heterocycles. The average molecular weight is 347 g/mol. The highest BCUT2D eigenvalue weighted by atomic mass is 16.2. The van der Waals surface area contributed by atoms with Gasteiger partial charge in [-0.1, -0.05) is 6.07 Å². The number of anilines is 2. The SMILES string of the molecule is C[C@H](NC(=O)Nc1ccc(-n2ncc(C#N)c2N)cc1)c1cccnc1. The lowest BCUT2D eigenvalue weighted by molar-refractivity contribution is 0.249. The Kier molecular flexibility index (Phi) is 4.80. The van der Waals surface area contributed by atoms with Crippen LogP contribution in [0.15, 0.2) is 55.0 Å². The molecule has 130 valence electrons. The number of amides is 2. The number of pyridine rings is 1. The number of hydrogen-bond donors (Lipinski definition) is 3. The molecule has 0 aliphatic heterocycles. The van der Waals surface area contributed by atoms with Crippen molar-refractivity contribution in [2.24, 2.45) is 0 Å². The molecule has 26 heavy (non-hydrogen) atoms. The van der Waals surface area contributed by atoms with E-state index in [1.165, 1.54) is 10.9 Å². The number of nitriles is 1. The number of aromatic nitrogens is 3. The van der Waals surface area contributed by atoms with Crippen molar-refractivity contribution < 1.29 is 4.79 Å². The van der Waals surface area contributed by atoms with Crippen LogP contribution in [-0.4, -0.2) is 20.8 Å². The van der Waals surface area contributed by atoms with Gasteiger partial charge in [0.15, 0.2) is 0 Å². The van der Waals surface area contributed by atoms with Crippen LogP contribution in [0.2, 0.25) is 0 Å². The van der Waals surface area contributed by atoms with Crippen LogP contribution in [-0.2, 0) is 0 Å². The van der Waals surface area contributed by atoms with E-state index < -0.39 is 0 Å². The summed E-state index contributed by atoms with van der Waals surface area (Å²) in [6, 6.07) is 12.2. The Morgan fingerprint density at radius 1 is 1.27 bits per heavy atom. The molecule has 0 unspecified atom stereocenters. The Morgan fingerprint density at radius 3 is 2.65 bits per heavy atom. The van der Waals surface area contributed by atoms with Crippen LogP contribution >= 0.6 is 0 Å². The number of carbonyl (C=O) groups excluding carboxylic acids is 1. The van der Waals surface area contributed by atoms with Gasteiger partial charge >= 0.3 is 6.03 Å². The van der Waals surface area contributed by atoms with E-state index in [0.29, 0.717) is 16.9 Å². The minimum atomic E-state index is -0.320. The van der Waals surface area contributed by atoms with Gasteiger partial charge in [-0.05, 0) is 42.8 Å². The van der Waals surface area contributed by atoms with Gasteiger partial charge in [-0.25, -0.2) is 9.48 Å². The smallest absolute Gasteiger partial charge is 0.319 e. The predicted octanol–water partition coefficient (Wildman–Crippen LogP) is 2.60. The number of hydrogen-bond acceptors (Lipinski definition) is 5. The molecular formula is C18H17N7O. The standard InChI is InChI=1S/C18H17N7O/c1-12(13-3-2-8-21-10-13)23-18(26)24-15-4-6-16(7-5-15)25-17(20)14(9-19)11-22-25/h2-8,10-12H,20H2,1H3,(H2,23,24,26)/t12-/m0/s1. The van der Waals surface area contributed by atoms with E-state index in [4.69, 9.17) is 11.0 Å².